The van der Waals surface area contributed by atoms with Crippen molar-refractivity contribution in [2.75, 3.05) is 33.9 Å². The molecule has 2 heterocycles. The largest absolute Gasteiger partial charge is 0.493 e. The van der Waals surface area contributed by atoms with E-state index in [-0.39, 0.29) is 30.4 Å². The molecule has 1 atom stereocenters. The van der Waals surface area contributed by atoms with Gasteiger partial charge < -0.3 is 18.9 Å². The van der Waals surface area contributed by atoms with Gasteiger partial charge in [0, 0.05) is 32.6 Å². The highest BCUT2D eigenvalue weighted by Gasteiger charge is 2.35. The van der Waals surface area contributed by atoms with Gasteiger partial charge in [-0.1, -0.05) is 5.16 Å². The van der Waals surface area contributed by atoms with E-state index in [4.69, 9.17) is 14.0 Å². The molecule has 0 radical (unpaired) electrons. The second-order valence-electron chi connectivity index (χ2n) is 6.62. The number of benzene rings is 1. The Kier molecular flexibility index (Phi) is 6.08. The van der Waals surface area contributed by atoms with Crippen LogP contribution in [-0.4, -0.2) is 67.5 Å². The van der Waals surface area contributed by atoms with E-state index in [9.17, 15) is 13.2 Å². The van der Waals surface area contributed by atoms with Crippen LogP contribution in [0, 0.1) is 6.92 Å². The first-order valence-electron chi connectivity index (χ1n) is 9.07. The topological polar surface area (TPSA) is 115 Å². The molecule has 1 aliphatic heterocycles. The molecule has 1 saturated heterocycles. The molecular weight excluding hydrogens is 400 g/mol. The second kappa shape index (κ2) is 8.37. The molecule has 0 bridgehead atoms. The van der Waals surface area contributed by atoms with Gasteiger partial charge in [0.15, 0.2) is 17.3 Å². The first kappa shape index (κ1) is 21.1. The lowest BCUT2D eigenvalue weighted by atomic mass is 10.2. The summed E-state index contributed by atoms with van der Waals surface area (Å²) in [5.74, 6) is 1.35. The number of ether oxygens (including phenoxy) is 2. The van der Waals surface area contributed by atoms with Crippen LogP contribution in [0.15, 0.2) is 27.6 Å². The maximum absolute atomic E-state index is 13.2. The molecule has 0 N–H and O–H groups in total. The average molecular weight is 424 g/mol. The maximum atomic E-state index is 13.2. The van der Waals surface area contributed by atoms with Gasteiger partial charge in [-0.3, -0.25) is 4.79 Å². The standard InChI is InChI=1S/C18H24N4O6S/c1-12-19-18(28-20-12)15-7-8-21(9-10-22(15)13(2)23)29(24,25)14-5-6-16(26-3)17(11-14)27-4/h5-6,11,15H,7-10H2,1-4H3. The van der Waals surface area contributed by atoms with Gasteiger partial charge >= 0.3 is 0 Å². The zero-order valence-electron chi connectivity index (χ0n) is 16.8. The van der Waals surface area contributed by atoms with Crippen LogP contribution in [0.3, 0.4) is 0 Å². The Morgan fingerprint density at radius 3 is 2.48 bits per heavy atom. The van der Waals surface area contributed by atoms with Crippen LogP contribution in [-0.2, 0) is 14.8 Å². The van der Waals surface area contributed by atoms with E-state index in [1.807, 2.05) is 0 Å². The third-order valence-corrected chi connectivity index (χ3v) is 6.74. The summed E-state index contributed by atoms with van der Waals surface area (Å²) in [4.78, 5) is 18.0. The summed E-state index contributed by atoms with van der Waals surface area (Å²) in [6, 6.07) is 3.98. The monoisotopic (exact) mass is 424 g/mol. The van der Waals surface area contributed by atoms with Gasteiger partial charge in [-0.2, -0.15) is 9.29 Å². The van der Waals surface area contributed by atoms with Crippen molar-refractivity contribution in [1.29, 1.82) is 0 Å². The number of hydrogen-bond acceptors (Lipinski definition) is 8. The fourth-order valence-corrected chi connectivity index (χ4v) is 4.82. The summed E-state index contributed by atoms with van der Waals surface area (Å²) in [5.41, 5.74) is 0. The number of aromatic nitrogens is 2. The third-order valence-electron chi connectivity index (χ3n) is 4.84. The van der Waals surface area contributed by atoms with Crippen LogP contribution >= 0.6 is 0 Å². The quantitative estimate of drug-likeness (QED) is 0.707. The van der Waals surface area contributed by atoms with E-state index in [2.05, 4.69) is 10.1 Å². The minimum absolute atomic E-state index is 0.0941. The van der Waals surface area contributed by atoms with Gasteiger partial charge in [-0.05, 0) is 25.5 Å². The summed E-state index contributed by atoms with van der Waals surface area (Å²) < 4.78 is 43.4. The van der Waals surface area contributed by atoms with E-state index in [1.165, 1.54) is 37.6 Å². The molecule has 3 rings (SSSR count). The third kappa shape index (κ3) is 4.20. The molecule has 1 aliphatic rings. The zero-order chi connectivity index (χ0) is 21.2. The molecule has 1 fully saturated rings. The molecule has 29 heavy (non-hydrogen) atoms. The molecule has 0 aliphatic carbocycles. The fraction of sp³-hybridized carbons (Fsp3) is 0.500. The Morgan fingerprint density at radius 2 is 1.90 bits per heavy atom. The number of sulfonamides is 1. The molecule has 1 amide bonds. The van der Waals surface area contributed by atoms with E-state index >= 15 is 0 Å². The second-order valence-corrected chi connectivity index (χ2v) is 8.56. The predicted octanol–water partition coefficient (Wildman–Crippen LogP) is 1.38. The van der Waals surface area contributed by atoms with Crippen LogP contribution in [0.4, 0.5) is 0 Å². The zero-order valence-corrected chi connectivity index (χ0v) is 17.6. The SMILES string of the molecule is COc1ccc(S(=O)(=O)N2CCC(c3nc(C)no3)N(C(C)=O)CC2)cc1OC. The molecular formula is C18H24N4O6S. The summed E-state index contributed by atoms with van der Waals surface area (Å²) in [5, 5.41) is 3.79. The number of methoxy groups -OCH3 is 2. The Hall–Kier alpha value is -2.66. The van der Waals surface area contributed by atoms with Gasteiger partial charge in [0.1, 0.15) is 6.04 Å². The number of aryl methyl sites for hydroxylation is 1. The lowest BCUT2D eigenvalue weighted by Gasteiger charge is -2.25. The minimum Gasteiger partial charge on any atom is -0.493 e. The molecule has 10 nitrogen and oxygen atoms in total. The normalized spacial score (nSPS) is 18.3. The van der Waals surface area contributed by atoms with Crippen molar-refractivity contribution in [3.05, 3.63) is 29.9 Å². The lowest BCUT2D eigenvalue weighted by Crippen LogP contribution is -2.37. The summed E-state index contributed by atoms with van der Waals surface area (Å²) in [7, 11) is -0.870. The Balaban J connectivity index is 1.89. The lowest BCUT2D eigenvalue weighted by molar-refractivity contribution is -0.131. The van der Waals surface area contributed by atoms with E-state index in [0.717, 1.165) is 0 Å². The Labute approximate surface area is 169 Å². The summed E-state index contributed by atoms with van der Waals surface area (Å²) in [6.45, 7) is 3.70. The van der Waals surface area contributed by atoms with Crippen LogP contribution in [0.5, 0.6) is 11.5 Å². The van der Waals surface area contributed by atoms with E-state index in [1.54, 1.807) is 17.9 Å². The first-order valence-corrected chi connectivity index (χ1v) is 10.5. The Morgan fingerprint density at radius 1 is 1.17 bits per heavy atom. The highest BCUT2D eigenvalue weighted by Crippen LogP contribution is 2.32. The number of rotatable bonds is 5. The molecule has 11 heteroatoms. The van der Waals surface area contributed by atoms with Crippen molar-refractivity contribution in [3.63, 3.8) is 0 Å². The van der Waals surface area contributed by atoms with Crippen molar-refractivity contribution in [2.24, 2.45) is 0 Å². The van der Waals surface area contributed by atoms with Gasteiger partial charge in [-0.25, -0.2) is 8.42 Å². The smallest absolute Gasteiger partial charge is 0.249 e. The van der Waals surface area contributed by atoms with E-state index < -0.39 is 16.1 Å². The number of carbonyl (C=O) groups is 1. The highest BCUT2D eigenvalue weighted by atomic mass is 32.2. The highest BCUT2D eigenvalue weighted by molar-refractivity contribution is 7.89. The van der Waals surface area contributed by atoms with Gasteiger partial charge in [0.05, 0.1) is 19.1 Å². The minimum atomic E-state index is -3.80. The van der Waals surface area contributed by atoms with Crippen molar-refractivity contribution in [2.45, 2.75) is 31.2 Å². The van der Waals surface area contributed by atoms with Gasteiger partial charge in [0.25, 0.3) is 0 Å². The van der Waals surface area contributed by atoms with Gasteiger partial charge in [-0.15, -0.1) is 0 Å². The van der Waals surface area contributed by atoms with Crippen molar-refractivity contribution in [1.82, 2.24) is 19.3 Å². The molecule has 1 unspecified atom stereocenters. The van der Waals surface area contributed by atoms with Crippen molar-refractivity contribution >= 4 is 15.9 Å². The average Bonchev–Trinajstić information content (AvgIpc) is 2.99. The molecule has 0 saturated carbocycles. The molecule has 158 valence electrons. The fourth-order valence-electron chi connectivity index (χ4n) is 3.36. The van der Waals surface area contributed by atoms with Gasteiger partial charge in [0.2, 0.25) is 21.8 Å². The maximum Gasteiger partial charge on any atom is 0.249 e. The first-order chi connectivity index (χ1) is 13.8. The summed E-state index contributed by atoms with van der Waals surface area (Å²) >= 11 is 0. The molecule has 0 spiro atoms. The van der Waals surface area contributed by atoms with Crippen LogP contribution in [0.25, 0.3) is 0 Å². The number of hydrogen-bond donors (Lipinski definition) is 0. The number of amides is 1. The van der Waals surface area contributed by atoms with Crippen LogP contribution < -0.4 is 9.47 Å². The number of nitrogens with zero attached hydrogens (tertiary/aromatic N) is 4. The summed E-state index contributed by atoms with van der Waals surface area (Å²) in [6.07, 6.45) is 0.341. The predicted molar refractivity (Wildman–Crippen MR) is 102 cm³/mol. The van der Waals surface area contributed by atoms with Crippen molar-refractivity contribution < 1.29 is 27.2 Å². The van der Waals surface area contributed by atoms with Crippen molar-refractivity contribution in [3.8, 4) is 11.5 Å². The van der Waals surface area contributed by atoms with E-state index in [0.29, 0.717) is 29.6 Å². The Bertz CT molecular complexity index is 990. The number of carbonyl (C=O) groups excluding carboxylic acids is 1. The molecule has 2 aromatic rings. The molecule has 1 aromatic heterocycles. The van der Waals surface area contributed by atoms with Crippen LogP contribution in [0.1, 0.15) is 31.1 Å². The van der Waals surface area contributed by atoms with Crippen LogP contribution in [0.2, 0.25) is 0 Å². The molecule has 1 aromatic carbocycles.